The molecule has 1 aromatic carbocycles. The van der Waals surface area contributed by atoms with Crippen LogP contribution in [0.4, 0.5) is 4.39 Å². The predicted octanol–water partition coefficient (Wildman–Crippen LogP) is 0.128. The summed E-state index contributed by atoms with van der Waals surface area (Å²) in [7, 11) is 3.47. The Labute approximate surface area is 112 Å². The van der Waals surface area contributed by atoms with E-state index >= 15 is 0 Å². The van der Waals surface area contributed by atoms with Gasteiger partial charge in [0, 0.05) is 6.04 Å². The van der Waals surface area contributed by atoms with E-state index in [1.165, 1.54) is 12.1 Å². The number of quaternary nitrogens is 1. The van der Waals surface area contributed by atoms with Crippen LogP contribution in [-0.4, -0.2) is 32.7 Å². The number of benzene rings is 1. The molecule has 1 unspecified atom stereocenters. The topological polar surface area (TPSA) is 42.8 Å². The largest absolute Gasteiger partial charge is 0.496 e. The van der Waals surface area contributed by atoms with Gasteiger partial charge in [-0.1, -0.05) is 0 Å². The van der Waals surface area contributed by atoms with Gasteiger partial charge in [-0.15, -0.1) is 0 Å². The SMILES string of the molecule is COc1ccc(F)cc1C[NH+](C)CC(=O)NC1CC1. The van der Waals surface area contributed by atoms with Crippen molar-refractivity contribution in [3.05, 3.63) is 29.6 Å². The van der Waals surface area contributed by atoms with Crippen LogP contribution in [0.5, 0.6) is 5.75 Å². The van der Waals surface area contributed by atoms with Gasteiger partial charge in [0.15, 0.2) is 6.54 Å². The van der Waals surface area contributed by atoms with Crippen molar-refractivity contribution in [1.82, 2.24) is 5.32 Å². The molecule has 2 rings (SSSR count). The van der Waals surface area contributed by atoms with E-state index in [0.29, 0.717) is 24.9 Å². The first kappa shape index (κ1) is 13.8. The molecule has 0 radical (unpaired) electrons. The highest BCUT2D eigenvalue weighted by molar-refractivity contribution is 5.77. The van der Waals surface area contributed by atoms with Gasteiger partial charge in [0.05, 0.1) is 19.7 Å². The van der Waals surface area contributed by atoms with E-state index in [9.17, 15) is 9.18 Å². The lowest BCUT2D eigenvalue weighted by Crippen LogP contribution is -3.08. The van der Waals surface area contributed by atoms with Gasteiger partial charge in [0.1, 0.15) is 18.1 Å². The van der Waals surface area contributed by atoms with E-state index in [-0.39, 0.29) is 11.7 Å². The van der Waals surface area contributed by atoms with Crippen molar-refractivity contribution in [2.45, 2.75) is 25.4 Å². The number of halogens is 1. The zero-order valence-electron chi connectivity index (χ0n) is 11.3. The molecule has 0 spiro atoms. The Kier molecular flexibility index (Phi) is 4.37. The first-order valence-electron chi connectivity index (χ1n) is 6.51. The Morgan fingerprint density at radius 2 is 2.26 bits per heavy atom. The van der Waals surface area contributed by atoms with Gasteiger partial charge in [0.2, 0.25) is 0 Å². The monoisotopic (exact) mass is 267 g/mol. The number of nitrogens with one attached hydrogen (secondary N) is 2. The highest BCUT2D eigenvalue weighted by atomic mass is 19.1. The lowest BCUT2D eigenvalue weighted by Gasteiger charge is -2.15. The number of ether oxygens (including phenoxy) is 1. The van der Waals surface area contributed by atoms with E-state index in [1.807, 2.05) is 7.05 Å². The summed E-state index contributed by atoms with van der Waals surface area (Å²) in [6.45, 7) is 0.940. The lowest BCUT2D eigenvalue weighted by molar-refractivity contribution is -0.885. The molecule has 1 fully saturated rings. The molecule has 2 N–H and O–H groups in total. The molecule has 1 aromatic rings. The summed E-state index contributed by atoms with van der Waals surface area (Å²) >= 11 is 0. The molecule has 1 aliphatic carbocycles. The van der Waals surface area contributed by atoms with Gasteiger partial charge in [-0.25, -0.2) is 4.39 Å². The number of carbonyl (C=O) groups is 1. The fourth-order valence-electron chi connectivity index (χ4n) is 2.05. The third-order valence-corrected chi connectivity index (χ3v) is 3.14. The van der Waals surface area contributed by atoms with Crippen LogP contribution in [0.25, 0.3) is 0 Å². The lowest BCUT2D eigenvalue weighted by atomic mass is 10.2. The van der Waals surface area contributed by atoms with Crippen LogP contribution in [0.15, 0.2) is 18.2 Å². The molecular formula is C14H20FN2O2+. The van der Waals surface area contributed by atoms with Gasteiger partial charge >= 0.3 is 0 Å². The van der Waals surface area contributed by atoms with Gasteiger partial charge in [-0.3, -0.25) is 4.79 Å². The van der Waals surface area contributed by atoms with Crippen molar-refractivity contribution in [2.75, 3.05) is 20.7 Å². The van der Waals surface area contributed by atoms with Crippen LogP contribution in [-0.2, 0) is 11.3 Å². The number of carbonyl (C=O) groups excluding carboxylic acids is 1. The van der Waals surface area contributed by atoms with Crippen molar-refractivity contribution >= 4 is 5.91 Å². The molecule has 0 saturated heterocycles. The number of hydrogen-bond donors (Lipinski definition) is 2. The molecule has 5 heteroatoms. The standard InChI is InChI=1S/C14H19FN2O2/c1-17(9-14(18)16-12-4-5-12)8-10-7-11(15)3-6-13(10)19-2/h3,6-7,12H,4-5,8-9H2,1-2H3,(H,16,18)/p+1. The maximum absolute atomic E-state index is 13.2. The molecular weight excluding hydrogens is 247 g/mol. The van der Waals surface area contributed by atoms with E-state index in [4.69, 9.17) is 4.74 Å². The van der Waals surface area contributed by atoms with Crippen LogP contribution in [0.3, 0.4) is 0 Å². The molecule has 104 valence electrons. The average Bonchev–Trinajstić information content (AvgIpc) is 3.12. The minimum atomic E-state index is -0.286. The minimum Gasteiger partial charge on any atom is -0.496 e. The highest BCUT2D eigenvalue weighted by Crippen LogP contribution is 2.19. The molecule has 4 nitrogen and oxygen atoms in total. The highest BCUT2D eigenvalue weighted by Gasteiger charge is 2.24. The maximum atomic E-state index is 13.2. The molecule has 19 heavy (non-hydrogen) atoms. The average molecular weight is 267 g/mol. The van der Waals surface area contributed by atoms with E-state index in [1.54, 1.807) is 13.2 Å². The normalized spacial score (nSPS) is 15.9. The molecule has 1 aliphatic rings. The third-order valence-electron chi connectivity index (χ3n) is 3.14. The summed E-state index contributed by atoms with van der Waals surface area (Å²) in [5, 5.41) is 2.95. The summed E-state index contributed by atoms with van der Waals surface area (Å²) in [6, 6.07) is 4.82. The van der Waals surface area contributed by atoms with Crippen LogP contribution < -0.4 is 15.0 Å². The molecule has 0 heterocycles. The van der Waals surface area contributed by atoms with E-state index < -0.39 is 0 Å². The van der Waals surface area contributed by atoms with Crippen LogP contribution in [0.1, 0.15) is 18.4 Å². The number of amides is 1. The molecule has 1 atom stereocenters. The van der Waals surface area contributed by atoms with Crippen molar-refractivity contribution in [1.29, 1.82) is 0 Å². The summed E-state index contributed by atoms with van der Waals surface area (Å²) in [5.74, 6) is 0.421. The number of likely N-dealkylation sites (N-methyl/N-ethyl adjacent to an activating group) is 1. The maximum Gasteiger partial charge on any atom is 0.275 e. The second kappa shape index (κ2) is 6.02. The van der Waals surface area contributed by atoms with Gasteiger partial charge in [-0.05, 0) is 31.0 Å². The molecule has 0 aromatic heterocycles. The second-order valence-corrected chi connectivity index (χ2v) is 5.11. The third kappa shape index (κ3) is 4.21. The summed E-state index contributed by atoms with van der Waals surface area (Å²) in [4.78, 5) is 12.7. The number of rotatable bonds is 6. The first-order valence-corrected chi connectivity index (χ1v) is 6.51. The van der Waals surface area contributed by atoms with Crippen LogP contribution in [0, 0.1) is 5.82 Å². The fraction of sp³-hybridized carbons (Fsp3) is 0.500. The Balaban J connectivity index is 1.91. The Morgan fingerprint density at radius 1 is 1.53 bits per heavy atom. The Hall–Kier alpha value is -1.62. The van der Waals surface area contributed by atoms with E-state index in [2.05, 4.69) is 5.32 Å². The summed E-state index contributed by atoms with van der Waals surface area (Å²) in [5.41, 5.74) is 0.777. The van der Waals surface area contributed by atoms with E-state index in [0.717, 1.165) is 23.3 Å². The summed E-state index contributed by atoms with van der Waals surface area (Å²) in [6.07, 6.45) is 2.17. The van der Waals surface area contributed by atoms with Crippen LogP contribution >= 0.6 is 0 Å². The van der Waals surface area contributed by atoms with Gasteiger partial charge in [-0.2, -0.15) is 0 Å². The van der Waals surface area contributed by atoms with Gasteiger partial charge in [0.25, 0.3) is 5.91 Å². The zero-order chi connectivity index (χ0) is 13.8. The molecule has 1 saturated carbocycles. The quantitative estimate of drug-likeness (QED) is 0.769. The number of methoxy groups -OCH3 is 1. The Bertz CT molecular complexity index is 461. The van der Waals surface area contributed by atoms with Gasteiger partial charge < -0.3 is 15.0 Å². The summed E-state index contributed by atoms with van der Waals surface area (Å²) < 4.78 is 18.4. The van der Waals surface area contributed by atoms with Crippen molar-refractivity contribution in [2.24, 2.45) is 0 Å². The van der Waals surface area contributed by atoms with Crippen molar-refractivity contribution in [3.63, 3.8) is 0 Å². The van der Waals surface area contributed by atoms with Crippen LogP contribution in [0.2, 0.25) is 0 Å². The second-order valence-electron chi connectivity index (χ2n) is 5.11. The number of hydrogen-bond acceptors (Lipinski definition) is 2. The first-order chi connectivity index (χ1) is 9.08. The minimum absolute atomic E-state index is 0.0513. The fourth-order valence-corrected chi connectivity index (χ4v) is 2.05. The van der Waals surface area contributed by atoms with Crippen molar-refractivity contribution in [3.8, 4) is 5.75 Å². The zero-order valence-corrected chi connectivity index (χ0v) is 11.3. The molecule has 0 aliphatic heterocycles. The molecule has 0 bridgehead atoms. The smallest absolute Gasteiger partial charge is 0.275 e. The van der Waals surface area contributed by atoms with Crippen molar-refractivity contribution < 1.29 is 18.8 Å². The molecule has 1 amide bonds. The predicted molar refractivity (Wildman–Crippen MR) is 69.6 cm³/mol. The Morgan fingerprint density at radius 3 is 2.89 bits per heavy atom.